The average Bonchev–Trinajstić information content (AvgIpc) is 2.18. The van der Waals surface area contributed by atoms with Crippen LogP contribution in [0.3, 0.4) is 0 Å². The zero-order valence-corrected chi connectivity index (χ0v) is 6.03. The van der Waals surface area contributed by atoms with Gasteiger partial charge in [0.05, 0.1) is 0 Å². The van der Waals surface area contributed by atoms with Crippen molar-refractivity contribution < 1.29 is 0 Å². The maximum Gasteiger partial charge on any atom is 0.0242 e. The molecule has 1 heteroatoms. The Morgan fingerprint density at radius 1 is 2.00 bits per heavy atom. The smallest absolute Gasteiger partial charge is 0.0242 e. The number of allylic oxidation sites excluding steroid dienone is 1. The predicted molar refractivity (Wildman–Crippen MR) is 35.6 cm³/mol. The molecule has 0 unspecified atom stereocenters. The summed E-state index contributed by atoms with van der Waals surface area (Å²) in [6, 6.07) is 0. The summed E-state index contributed by atoms with van der Waals surface area (Å²) < 4.78 is 0. The Morgan fingerprint density at radius 2 is 2.43 bits per heavy atom. The first-order valence-corrected chi connectivity index (χ1v) is 3.38. The Morgan fingerprint density at radius 3 is 2.43 bits per heavy atom. The van der Waals surface area contributed by atoms with Crippen molar-refractivity contribution in [1.29, 1.82) is 0 Å². The number of rotatable bonds is 1. The third kappa shape index (κ3) is 0.742. The van der Waals surface area contributed by atoms with Gasteiger partial charge in [-0.3, -0.25) is 0 Å². The Labute approximate surface area is 52.7 Å². The lowest BCUT2D eigenvalue weighted by Gasteiger charge is -1.94. The molecule has 0 aromatic heterocycles. The van der Waals surface area contributed by atoms with Crippen LogP contribution in [0, 0.1) is 5.41 Å². The fourth-order valence-corrected chi connectivity index (χ4v) is 1.42. The molecule has 1 aliphatic carbocycles. The maximum absolute atomic E-state index is 3.71. The van der Waals surface area contributed by atoms with Gasteiger partial charge in [0.1, 0.15) is 0 Å². The second-order valence-corrected chi connectivity index (χ2v) is 3.49. The van der Waals surface area contributed by atoms with Crippen molar-refractivity contribution >= 4 is 15.9 Å². The Balaban J connectivity index is 2.51. The summed E-state index contributed by atoms with van der Waals surface area (Å²) in [4.78, 5) is 0.706. The minimum Gasteiger partial charge on any atom is -0.102 e. The summed E-state index contributed by atoms with van der Waals surface area (Å²) in [6.07, 6.45) is 3.28. The van der Waals surface area contributed by atoms with Gasteiger partial charge in [-0.1, -0.05) is 28.9 Å². The molecular weight excluding hydrogens is 152 g/mol. The SMILES string of the molecule is C=C[C@]1(C)C[C@H]1Br. The van der Waals surface area contributed by atoms with Crippen LogP contribution in [0.5, 0.6) is 0 Å². The topological polar surface area (TPSA) is 0 Å². The molecule has 0 aliphatic heterocycles. The van der Waals surface area contributed by atoms with Gasteiger partial charge in [0.25, 0.3) is 0 Å². The van der Waals surface area contributed by atoms with E-state index < -0.39 is 0 Å². The Kier molecular flexibility index (Phi) is 1.03. The highest BCUT2D eigenvalue weighted by molar-refractivity contribution is 9.09. The van der Waals surface area contributed by atoms with E-state index in [0.717, 1.165) is 0 Å². The summed E-state index contributed by atoms with van der Waals surface area (Å²) in [7, 11) is 0. The third-order valence-corrected chi connectivity index (χ3v) is 3.01. The molecule has 0 aromatic rings. The van der Waals surface area contributed by atoms with Gasteiger partial charge in [0, 0.05) is 4.83 Å². The highest BCUT2D eigenvalue weighted by atomic mass is 79.9. The molecule has 40 valence electrons. The van der Waals surface area contributed by atoms with E-state index in [1.165, 1.54) is 6.42 Å². The highest BCUT2D eigenvalue weighted by Gasteiger charge is 2.45. The lowest BCUT2D eigenvalue weighted by molar-refractivity contribution is 0.758. The molecule has 1 rings (SSSR count). The van der Waals surface area contributed by atoms with Gasteiger partial charge in [0.15, 0.2) is 0 Å². The fourth-order valence-electron chi connectivity index (χ4n) is 0.538. The van der Waals surface area contributed by atoms with Gasteiger partial charge in [-0.05, 0) is 11.8 Å². The first-order valence-electron chi connectivity index (χ1n) is 2.47. The molecular formula is C6H9Br. The Bertz CT molecular complexity index is 98.4. The zero-order valence-electron chi connectivity index (χ0n) is 4.45. The standard InChI is InChI=1S/C6H9Br/c1-3-6(2)4-5(6)7/h3,5H,1,4H2,2H3/t5-,6-/m1/s1. The van der Waals surface area contributed by atoms with Crippen molar-refractivity contribution in [2.45, 2.75) is 18.2 Å². The van der Waals surface area contributed by atoms with E-state index in [2.05, 4.69) is 29.4 Å². The fraction of sp³-hybridized carbons (Fsp3) is 0.667. The van der Waals surface area contributed by atoms with Crippen LogP contribution in [0.2, 0.25) is 0 Å². The van der Waals surface area contributed by atoms with E-state index in [9.17, 15) is 0 Å². The van der Waals surface area contributed by atoms with E-state index in [4.69, 9.17) is 0 Å². The van der Waals surface area contributed by atoms with Gasteiger partial charge in [0.2, 0.25) is 0 Å². The predicted octanol–water partition coefficient (Wildman–Crippen LogP) is 2.35. The zero-order chi connectivity index (χ0) is 5.49. The third-order valence-electron chi connectivity index (χ3n) is 1.64. The van der Waals surface area contributed by atoms with E-state index in [1.54, 1.807) is 0 Å². The second-order valence-electron chi connectivity index (χ2n) is 2.38. The molecule has 1 aliphatic rings. The minimum atomic E-state index is 0.431. The van der Waals surface area contributed by atoms with Crippen LogP contribution in [0.15, 0.2) is 12.7 Å². The van der Waals surface area contributed by atoms with Crippen LogP contribution < -0.4 is 0 Å². The van der Waals surface area contributed by atoms with Crippen LogP contribution in [-0.2, 0) is 0 Å². The molecule has 1 saturated carbocycles. The molecule has 0 aromatic carbocycles. The average molecular weight is 161 g/mol. The van der Waals surface area contributed by atoms with Crippen molar-refractivity contribution in [3.05, 3.63) is 12.7 Å². The van der Waals surface area contributed by atoms with E-state index in [1.807, 2.05) is 6.08 Å². The molecule has 0 amide bonds. The van der Waals surface area contributed by atoms with Crippen molar-refractivity contribution in [3.8, 4) is 0 Å². The molecule has 0 bridgehead atoms. The quantitative estimate of drug-likeness (QED) is 0.409. The number of alkyl halides is 1. The summed E-state index contributed by atoms with van der Waals surface area (Å²) in [5.74, 6) is 0. The van der Waals surface area contributed by atoms with Crippen LogP contribution in [0.4, 0.5) is 0 Å². The normalized spacial score (nSPS) is 48.6. The summed E-state index contributed by atoms with van der Waals surface area (Å²) in [5, 5.41) is 0. The van der Waals surface area contributed by atoms with Gasteiger partial charge in [-0.2, -0.15) is 0 Å². The largest absolute Gasteiger partial charge is 0.102 e. The van der Waals surface area contributed by atoms with Crippen LogP contribution in [0.25, 0.3) is 0 Å². The first kappa shape index (κ1) is 5.36. The van der Waals surface area contributed by atoms with Crippen LogP contribution >= 0.6 is 15.9 Å². The molecule has 0 spiro atoms. The summed E-state index contributed by atoms with van der Waals surface area (Å²) >= 11 is 3.49. The number of halogens is 1. The van der Waals surface area contributed by atoms with Crippen molar-refractivity contribution in [1.82, 2.24) is 0 Å². The van der Waals surface area contributed by atoms with E-state index in [0.29, 0.717) is 10.2 Å². The van der Waals surface area contributed by atoms with Gasteiger partial charge in [-0.25, -0.2) is 0 Å². The summed E-state index contributed by atoms with van der Waals surface area (Å²) in [5.41, 5.74) is 0.431. The molecule has 0 nitrogen and oxygen atoms in total. The number of hydrogen-bond donors (Lipinski definition) is 0. The molecule has 0 heterocycles. The monoisotopic (exact) mass is 160 g/mol. The molecule has 0 saturated heterocycles. The van der Waals surface area contributed by atoms with E-state index in [-0.39, 0.29) is 0 Å². The van der Waals surface area contributed by atoms with Crippen molar-refractivity contribution in [2.75, 3.05) is 0 Å². The summed E-state index contributed by atoms with van der Waals surface area (Å²) in [6.45, 7) is 5.92. The van der Waals surface area contributed by atoms with Gasteiger partial charge < -0.3 is 0 Å². The van der Waals surface area contributed by atoms with Crippen LogP contribution in [-0.4, -0.2) is 4.83 Å². The Hall–Kier alpha value is 0.220. The van der Waals surface area contributed by atoms with Gasteiger partial charge >= 0.3 is 0 Å². The maximum atomic E-state index is 3.71. The first-order chi connectivity index (χ1) is 3.19. The van der Waals surface area contributed by atoms with Gasteiger partial charge in [-0.15, -0.1) is 6.58 Å². The number of hydrogen-bond acceptors (Lipinski definition) is 0. The van der Waals surface area contributed by atoms with Crippen LogP contribution in [0.1, 0.15) is 13.3 Å². The molecule has 2 atom stereocenters. The van der Waals surface area contributed by atoms with E-state index >= 15 is 0 Å². The highest BCUT2D eigenvalue weighted by Crippen LogP contribution is 2.51. The van der Waals surface area contributed by atoms with Crippen molar-refractivity contribution in [2.24, 2.45) is 5.41 Å². The molecule has 0 N–H and O–H groups in total. The molecule has 7 heavy (non-hydrogen) atoms. The molecule has 1 fully saturated rings. The second kappa shape index (κ2) is 1.35. The lowest BCUT2D eigenvalue weighted by atomic mass is 10.1. The minimum absolute atomic E-state index is 0.431. The van der Waals surface area contributed by atoms with Crippen molar-refractivity contribution in [3.63, 3.8) is 0 Å². The molecule has 0 radical (unpaired) electrons. The lowest BCUT2D eigenvalue weighted by Crippen LogP contribution is -1.87.